The molecule has 0 bridgehead atoms. The van der Waals surface area contributed by atoms with Crippen LogP contribution in [0.4, 0.5) is 0 Å². The van der Waals surface area contributed by atoms with Crippen LogP contribution in [0.1, 0.15) is 19.4 Å². The van der Waals surface area contributed by atoms with E-state index < -0.39 is 0 Å². The number of nitrogens with zero attached hydrogens (tertiary/aromatic N) is 2. The van der Waals surface area contributed by atoms with Gasteiger partial charge in [-0.2, -0.15) is 0 Å². The molecule has 1 aromatic heterocycles. The molecule has 0 aliphatic heterocycles. The molecular formula is C13H15N3OS. The Morgan fingerprint density at radius 1 is 1.33 bits per heavy atom. The van der Waals surface area contributed by atoms with E-state index in [0.717, 1.165) is 17.8 Å². The number of ketones is 1. The summed E-state index contributed by atoms with van der Waals surface area (Å²) in [5.41, 5.74) is 2.30. The average molecular weight is 261 g/mol. The second kappa shape index (κ2) is 5.82. The maximum atomic E-state index is 10.9. The number of rotatable bonds is 5. The van der Waals surface area contributed by atoms with Crippen LogP contribution < -0.4 is 0 Å². The second-order valence-corrected chi connectivity index (χ2v) is 4.95. The minimum Gasteiger partial charge on any atom is -0.299 e. The van der Waals surface area contributed by atoms with Crippen molar-refractivity contribution >= 4 is 17.5 Å². The molecule has 1 aromatic carbocycles. The van der Waals surface area contributed by atoms with Crippen molar-refractivity contribution in [2.45, 2.75) is 25.4 Å². The lowest BCUT2D eigenvalue weighted by Crippen LogP contribution is -1.93. The van der Waals surface area contributed by atoms with Gasteiger partial charge in [-0.25, -0.2) is 4.98 Å². The number of thioether (sulfide) groups is 1. The molecule has 1 N–H and O–H groups in total. The third-order valence-electron chi connectivity index (χ3n) is 2.51. The second-order valence-electron chi connectivity index (χ2n) is 4.01. The third kappa shape index (κ3) is 3.20. The lowest BCUT2D eigenvalue weighted by Gasteiger charge is -1.98. The van der Waals surface area contributed by atoms with Crippen LogP contribution >= 0.6 is 11.8 Å². The zero-order valence-electron chi connectivity index (χ0n) is 10.4. The Kier molecular flexibility index (Phi) is 4.15. The van der Waals surface area contributed by atoms with Crippen LogP contribution in [0.15, 0.2) is 29.4 Å². The smallest absolute Gasteiger partial charge is 0.209 e. The summed E-state index contributed by atoms with van der Waals surface area (Å²) >= 11 is 1.35. The largest absolute Gasteiger partial charge is 0.299 e. The highest BCUT2D eigenvalue weighted by Crippen LogP contribution is 2.19. The van der Waals surface area contributed by atoms with Crippen molar-refractivity contribution in [1.82, 2.24) is 15.2 Å². The van der Waals surface area contributed by atoms with E-state index in [9.17, 15) is 4.79 Å². The number of carbonyl (C=O) groups is 1. The van der Waals surface area contributed by atoms with Gasteiger partial charge in [0.25, 0.3) is 0 Å². The lowest BCUT2D eigenvalue weighted by molar-refractivity contribution is -0.114. The predicted molar refractivity (Wildman–Crippen MR) is 72.6 cm³/mol. The molecule has 0 saturated carbocycles. The van der Waals surface area contributed by atoms with E-state index in [0.29, 0.717) is 10.9 Å². The van der Waals surface area contributed by atoms with Gasteiger partial charge in [0, 0.05) is 5.56 Å². The molecule has 0 unspecified atom stereocenters. The first-order chi connectivity index (χ1) is 8.69. The number of hydrogen-bond donors (Lipinski definition) is 1. The summed E-state index contributed by atoms with van der Waals surface area (Å²) in [4.78, 5) is 15.2. The highest BCUT2D eigenvalue weighted by molar-refractivity contribution is 7.99. The van der Waals surface area contributed by atoms with Gasteiger partial charge in [-0.15, -0.1) is 5.10 Å². The van der Waals surface area contributed by atoms with Gasteiger partial charge in [-0.3, -0.25) is 9.89 Å². The Labute approximate surface area is 110 Å². The molecule has 2 rings (SSSR count). The molecule has 18 heavy (non-hydrogen) atoms. The maximum Gasteiger partial charge on any atom is 0.209 e. The first kappa shape index (κ1) is 12.8. The fourth-order valence-corrected chi connectivity index (χ4v) is 2.10. The van der Waals surface area contributed by atoms with Gasteiger partial charge in [-0.1, -0.05) is 43.0 Å². The number of Topliss-reactive ketones (excluding diaryl/α,β-unsaturated/α-hetero) is 1. The van der Waals surface area contributed by atoms with Gasteiger partial charge >= 0.3 is 0 Å². The van der Waals surface area contributed by atoms with Crippen LogP contribution in [0.5, 0.6) is 0 Å². The summed E-state index contributed by atoms with van der Waals surface area (Å²) in [7, 11) is 0. The molecule has 0 atom stereocenters. The fourth-order valence-electron chi connectivity index (χ4n) is 1.50. The Morgan fingerprint density at radius 2 is 2.06 bits per heavy atom. The third-order valence-corrected chi connectivity index (χ3v) is 3.50. The average Bonchev–Trinajstić information content (AvgIpc) is 2.85. The van der Waals surface area contributed by atoms with Crippen molar-refractivity contribution in [3.8, 4) is 11.4 Å². The van der Waals surface area contributed by atoms with Crippen LogP contribution in [0.25, 0.3) is 11.4 Å². The van der Waals surface area contributed by atoms with Crippen molar-refractivity contribution in [3.05, 3.63) is 29.8 Å². The fraction of sp³-hybridized carbons (Fsp3) is 0.308. The summed E-state index contributed by atoms with van der Waals surface area (Å²) < 4.78 is 0. The number of nitrogens with one attached hydrogen (secondary N) is 1. The van der Waals surface area contributed by atoms with Crippen molar-refractivity contribution < 1.29 is 4.79 Å². The summed E-state index contributed by atoms with van der Waals surface area (Å²) in [6.07, 6.45) is 1.02. The molecule has 0 fully saturated rings. The number of aromatic amines is 1. The molecule has 0 aliphatic carbocycles. The van der Waals surface area contributed by atoms with Crippen molar-refractivity contribution in [1.29, 1.82) is 0 Å². The number of hydrogen-bond acceptors (Lipinski definition) is 4. The van der Waals surface area contributed by atoms with Gasteiger partial charge in [0.2, 0.25) is 5.16 Å². The van der Waals surface area contributed by atoms with Crippen LogP contribution in [0, 0.1) is 0 Å². The topological polar surface area (TPSA) is 58.6 Å². The van der Waals surface area contributed by atoms with Gasteiger partial charge < -0.3 is 0 Å². The molecule has 0 aliphatic rings. The lowest BCUT2D eigenvalue weighted by atomic mass is 10.1. The first-order valence-corrected chi connectivity index (χ1v) is 6.81. The van der Waals surface area contributed by atoms with Crippen molar-refractivity contribution in [2.24, 2.45) is 0 Å². The Balaban J connectivity index is 2.10. The van der Waals surface area contributed by atoms with Gasteiger partial charge in [0.05, 0.1) is 5.75 Å². The van der Waals surface area contributed by atoms with Crippen LogP contribution in [-0.2, 0) is 11.2 Å². The van der Waals surface area contributed by atoms with E-state index in [1.807, 2.05) is 12.1 Å². The first-order valence-electron chi connectivity index (χ1n) is 5.83. The van der Waals surface area contributed by atoms with E-state index in [1.54, 1.807) is 6.92 Å². The molecule has 1 heterocycles. The van der Waals surface area contributed by atoms with Crippen LogP contribution in [0.3, 0.4) is 0 Å². The molecule has 5 heteroatoms. The summed E-state index contributed by atoms with van der Waals surface area (Å²) in [5.74, 6) is 1.27. The van der Waals surface area contributed by atoms with Crippen molar-refractivity contribution in [2.75, 3.05) is 5.75 Å². The minimum atomic E-state index is 0.124. The summed E-state index contributed by atoms with van der Waals surface area (Å²) in [6, 6.07) is 8.22. The number of carbonyl (C=O) groups excluding carboxylic acids is 1. The number of aromatic nitrogens is 3. The molecule has 0 radical (unpaired) electrons. The molecule has 2 aromatic rings. The summed E-state index contributed by atoms with van der Waals surface area (Å²) in [6.45, 7) is 3.68. The number of benzene rings is 1. The Bertz CT molecular complexity index is 533. The highest BCUT2D eigenvalue weighted by Gasteiger charge is 2.06. The standard InChI is InChI=1S/C13H15N3OS/c1-3-10-4-6-11(7-5-10)12-14-13(16-15-12)18-8-9(2)17/h4-7H,3,8H2,1-2H3,(H,14,15,16). The van der Waals surface area contributed by atoms with Crippen LogP contribution in [-0.4, -0.2) is 26.7 Å². The zero-order valence-corrected chi connectivity index (χ0v) is 11.3. The Morgan fingerprint density at radius 3 is 2.67 bits per heavy atom. The molecule has 0 saturated heterocycles. The monoisotopic (exact) mass is 261 g/mol. The van der Waals surface area contributed by atoms with E-state index in [2.05, 4.69) is 34.2 Å². The predicted octanol–water partition coefficient (Wildman–Crippen LogP) is 2.72. The minimum absolute atomic E-state index is 0.124. The molecule has 94 valence electrons. The van der Waals surface area contributed by atoms with Crippen molar-refractivity contribution in [3.63, 3.8) is 0 Å². The molecular weight excluding hydrogens is 246 g/mol. The normalized spacial score (nSPS) is 10.6. The van der Waals surface area contributed by atoms with Gasteiger partial charge in [-0.05, 0) is 18.9 Å². The highest BCUT2D eigenvalue weighted by atomic mass is 32.2. The number of aryl methyl sites for hydroxylation is 1. The molecule has 0 spiro atoms. The number of H-pyrrole nitrogens is 1. The van der Waals surface area contributed by atoms with E-state index in [4.69, 9.17) is 0 Å². The van der Waals surface area contributed by atoms with Gasteiger partial charge in [0.15, 0.2) is 5.82 Å². The SMILES string of the molecule is CCc1ccc(-c2nc(SCC(C)=O)n[nH]2)cc1. The van der Waals surface area contributed by atoms with E-state index >= 15 is 0 Å². The van der Waals surface area contributed by atoms with Gasteiger partial charge in [0.1, 0.15) is 5.78 Å². The maximum absolute atomic E-state index is 10.9. The zero-order chi connectivity index (χ0) is 13.0. The quantitative estimate of drug-likeness (QED) is 0.841. The molecule has 4 nitrogen and oxygen atoms in total. The van der Waals surface area contributed by atoms with E-state index in [-0.39, 0.29) is 5.78 Å². The Hall–Kier alpha value is -1.62. The van der Waals surface area contributed by atoms with Crippen LogP contribution in [0.2, 0.25) is 0 Å². The molecule has 0 amide bonds. The van der Waals surface area contributed by atoms with E-state index in [1.165, 1.54) is 17.3 Å². The summed E-state index contributed by atoms with van der Waals surface area (Å²) in [5, 5.41) is 7.58.